The van der Waals surface area contributed by atoms with Crippen LogP contribution in [0.15, 0.2) is 66.7 Å². The summed E-state index contributed by atoms with van der Waals surface area (Å²) < 4.78 is 10.7. The lowest BCUT2D eigenvalue weighted by molar-refractivity contribution is -0.124. The Balaban J connectivity index is 1.18. The molecule has 3 aromatic rings. The fourth-order valence-electron chi connectivity index (χ4n) is 4.96. The highest BCUT2D eigenvalue weighted by Gasteiger charge is 2.28. The number of hydrogen-bond donors (Lipinski definition) is 2. The van der Waals surface area contributed by atoms with Crippen LogP contribution in [-0.4, -0.2) is 25.0 Å². The molecule has 180 valence electrons. The minimum Gasteiger partial charge on any atom is -0.489 e. The van der Waals surface area contributed by atoms with Crippen molar-refractivity contribution in [1.82, 2.24) is 10.6 Å². The molecule has 0 radical (unpaired) electrons. The van der Waals surface area contributed by atoms with E-state index in [1.54, 1.807) is 12.1 Å². The number of rotatable bonds is 6. The van der Waals surface area contributed by atoms with Gasteiger partial charge in [-0.3, -0.25) is 4.79 Å². The molecule has 1 heterocycles. The van der Waals surface area contributed by atoms with Crippen LogP contribution in [-0.2, 0) is 35.5 Å². The Morgan fingerprint density at radius 2 is 1.83 bits per heavy atom. The first-order valence-corrected chi connectivity index (χ1v) is 12.1. The standard InChI is InChI=1S/C29H30N2O4/c1-34-29(33)21-11-9-19(10-12-21)18-35-24-14-13-22-16-27(30-17-23(22)15-24)28(32)31-26-8-4-6-20-5-2-3-7-25(20)26/h2-3,5,7,9-15,26-27,30H,4,6,8,16-18H2,1H3,(H,31,32). The van der Waals surface area contributed by atoms with E-state index in [1.807, 2.05) is 24.3 Å². The van der Waals surface area contributed by atoms with E-state index in [0.29, 0.717) is 25.1 Å². The van der Waals surface area contributed by atoms with E-state index in [1.165, 1.54) is 23.8 Å². The van der Waals surface area contributed by atoms with Gasteiger partial charge in [-0.05, 0) is 77.8 Å². The monoisotopic (exact) mass is 470 g/mol. The van der Waals surface area contributed by atoms with Gasteiger partial charge in [0.2, 0.25) is 5.91 Å². The number of amides is 1. The molecular weight excluding hydrogens is 440 g/mol. The summed E-state index contributed by atoms with van der Waals surface area (Å²) in [6.07, 6.45) is 3.82. The van der Waals surface area contributed by atoms with Crippen LogP contribution < -0.4 is 15.4 Å². The van der Waals surface area contributed by atoms with E-state index >= 15 is 0 Å². The van der Waals surface area contributed by atoms with Gasteiger partial charge in [0.1, 0.15) is 12.4 Å². The van der Waals surface area contributed by atoms with Crippen molar-refractivity contribution in [1.29, 1.82) is 0 Å². The van der Waals surface area contributed by atoms with E-state index in [-0.39, 0.29) is 24.0 Å². The van der Waals surface area contributed by atoms with Crippen molar-refractivity contribution in [3.8, 4) is 5.75 Å². The molecule has 0 saturated carbocycles. The van der Waals surface area contributed by atoms with E-state index in [9.17, 15) is 9.59 Å². The van der Waals surface area contributed by atoms with Crippen LogP contribution in [0.3, 0.4) is 0 Å². The third-order valence-electron chi connectivity index (χ3n) is 6.92. The number of fused-ring (bicyclic) bond motifs is 2. The first kappa shape index (κ1) is 23.1. The minimum absolute atomic E-state index is 0.0630. The van der Waals surface area contributed by atoms with Gasteiger partial charge in [0, 0.05) is 6.54 Å². The van der Waals surface area contributed by atoms with Crippen molar-refractivity contribution in [3.05, 3.63) is 100 Å². The van der Waals surface area contributed by atoms with Crippen LogP contribution in [0, 0.1) is 0 Å². The molecule has 2 N–H and O–H groups in total. The smallest absolute Gasteiger partial charge is 0.337 e. The molecular formula is C29H30N2O4. The number of carbonyl (C=O) groups is 2. The van der Waals surface area contributed by atoms with Gasteiger partial charge >= 0.3 is 5.97 Å². The maximum Gasteiger partial charge on any atom is 0.337 e. The first-order chi connectivity index (χ1) is 17.1. The van der Waals surface area contributed by atoms with Crippen LogP contribution in [0.2, 0.25) is 0 Å². The maximum atomic E-state index is 13.1. The van der Waals surface area contributed by atoms with E-state index in [0.717, 1.165) is 36.1 Å². The number of hydrogen-bond acceptors (Lipinski definition) is 5. The summed E-state index contributed by atoms with van der Waals surface area (Å²) in [5.74, 6) is 0.493. The zero-order valence-electron chi connectivity index (χ0n) is 19.9. The maximum absolute atomic E-state index is 13.1. The second kappa shape index (κ2) is 10.3. The average molecular weight is 471 g/mol. The summed E-state index contributed by atoms with van der Waals surface area (Å²) in [5, 5.41) is 6.69. The minimum atomic E-state index is -0.352. The van der Waals surface area contributed by atoms with Crippen molar-refractivity contribution in [2.75, 3.05) is 7.11 Å². The first-order valence-electron chi connectivity index (χ1n) is 12.1. The highest BCUT2D eigenvalue weighted by Crippen LogP contribution is 2.30. The summed E-state index contributed by atoms with van der Waals surface area (Å²) in [4.78, 5) is 24.6. The Morgan fingerprint density at radius 3 is 2.66 bits per heavy atom. The molecule has 2 aliphatic rings. The summed E-state index contributed by atoms with van der Waals surface area (Å²) in [7, 11) is 1.37. The SMILES string of the molecule is COC(=O)c1ccc(COc2ccc3c(c2)CNC(C(=O)NC2CCCc4ccccc42)C3)cc1. The van der Waals surface area contributed by atoms with E-state index in [4.69, 9.17) is 9.47 Å². The Bertz CT molecular complexity index is 1220. The number of carbonyl (C=O) groups excluding carboxylic acids is 2. The number of nitrogens with one attached hydrogen (secondary N) is 2. The number of methoxy groups -OCH3 is 1. The van der Waals surface area contributed by atoms with Gasteiger partial charge in [0.15, 0.2) is 0 Å². The molecule has 5 rings (SSSR count). The fraction of sp³-hybridized carbons (Fsp3) is 0.310. The molecule has 0 aromatic heterocycles. The highest BCUT2D eigenvalue weighted by atomic mass is 16.5. The Labute approximate surface area is 205 Å². The zero-order chi connectivity index (χ0) is 24.2. The number of ether oxygens (including phenoxy) is 2. The van der Waals surface area contributed by atoms with E-state index < -0.39 is 0 Å². The van der Waals surface area contributed by atoms with Gasteiger partial charge in [0.05, 0.1) is 24.8 Å². The summed E-state index contributed by atoms with van der Waals surface area (Å²) in [6.45, 7) is 1.03. The molecule has 1 aliphatic heterocycles. The second-order valence-corrected chi connectivity index (χ2v) is 9.20. The molecule has 1 aliphatic carbocycles. The van der Waals surface area contributed by atoms with Gasteiger partial charge in [-0.2, -0.15) is 0 Å². The average Bonchev–Trinajstić information content (AvgIpc) is 2.91. The molecule has 0 spiro atoms. The molecule has 35 heavy (non-hydrogen) atoms. The predicted octanol–water partition coefficient (Wildman–Crippen LogP) is 4.26. The van der Waals surface area contributed by atoms with Crippen molar-refractivity contribution < 1.29 is 19.1 Å². The fourth-order valence-corrected chi connectivity index (χ4v) is 4.96. The van der Waals surface area contributed by atoms with Gasteiger partial charge in [0.25, 0.3) is 0 Å². The van der Waals surface area contributed by atoms with Gasteiger partial charge in [-0.25, -0.2) is 4.79 Å². The Kier molecular flexibility index (Phi) is 6.82. The summed E-state index contributed by atoms with van der Waals surface area (Å²) in [6, 6.07) is 21.5. The van der Waals surface area contributed by atoms with Crippen molar-refractivity contribution in [2.45, 2.75) is 50.9 Å². The quantitative estimate of drug-likeness (QED) is 0.527. The number of esters is 1. The third kappa shape index (κ3) is 5.23. The highest BCUT2D eigenvalue weighted by molar-refractivity contribution is 5.89. The molecule has 2 unspecified atom stereocenters. The third-order valence-corrected chi connectivity index (χ3v) is 6.92. The molecule has 6 heteroatoms. The topological polar surface area (TPSA) is 76.7 Å². The zero-order valence-corrected chi connectivity index (χ0v) is 19.9. The molecule has 1 amide bonds. The Morgan fingerprint density at radius 1 is 1.00 bits per heavy atom. The van der Waals surface area contributed by atoms with Gasteiger partial charge in [-0.1, -0.05) is 42.5 Å². The van der Waals surface area contributed by atoms with Crippen LogP contribution >= 0.6 is 0 Å². The van der Waals surface area contributed by atoms with Crippen molar-refractivity contribution >= 4 is 11.9 Å². The van der Waals surface area contributed by atoms with Crippen LogP contribution in [0.25, 0.3) is 0 Å². The molecule has 2 atom stereocenters. The molecule has 0 bridgehead atoms. The van der Waals surface area contributed by atoms with Crippen molar-refractivity contribution in [3.63, 3.8) is 0 Å². The summed E-state index contributed by atoms with van der Waals surface area (Å²) >= 11 is 0. The Hall–Kier alpha value is -3.64. The lowest BCUT2D eigenvalue weighted by atomic mass is 9.87. The predicted molar refractivity (Wildman–Crippen MR) is 133 cm³/mol. The van der Waals surface area contributed by atoms with Crippen LogP contribution in [0.4, 0.5) is 0 Å². The van der Waals surface area contributed by atoms with Crippen molar-refractivity contribution in [2.24, 2.45) is 0 Å². The number of benzene rings is 3. The van der Waals surface area contributed by atoms with E-state index in [2.05, 4.69) is 41.0 Å². The molecule has 3 aromatic carbocycles. The number of aryl methyl sites for hydroxylation is 1. The summed E-state index contributed by atoms with van der Waals surface area (Å²) in [5.41, 5.74) is 6.40. The molecule has 6 nitrogen and oxygen atoms in total. The lowest BCUT2D eigenvalue weighted by Crippen LogP contribution is -2.48. The largest absolute Gasteiger partial charge is 0.489 e. The van der Waals surface area contributed by atoms with Crippen LogP contribution in [0.5, 0.6) is 5.75 Å². The molecule has 0 fully saturated rings. The molecule has 0 saturated heterocycles. The normalized spacial score (nSPS) is 18.7. The van der Waals surface area contributed by atoms with Gasteiger partial charge in [-0.15, -0.1) is 0 Å². The van der Waals surface area contributed by atoms with Crippen LogP contribution in [0.1, 0.15) is 57.1 Å². The van der Waals surface area contributed by atoms with Gasteiger partial charge < -0.3 is 20.1 Å². The second-order valence-electron chi connectivity index (χ2n) is 9.20. The lowest BCUT2D eigenvalue weighted by Gasteiger charge is -2.30.